The van der Waals surface area contributed by atoms with Crippen molar-refractivity contribution in [3.05, 3.63) is 59.0 Å². The highest BCUT2D eigenvalue weighted by atomic mass is 32.1. The molecule has 29 heavy (non-hydrogen) atoms. The molecule has 0 bridgehead atoms. The fraction of sp³-hybridized carbons (Fsp3) is 0.227. The standard InChI is InChI=1S/C22H21NO5S/c1-25-16-5-3-15(18(12-16)26-2)13-23-22(24)21-8-7-20(29-21)14-4-6-17-19(11-14)28-10-9-27-17/h3-8,11-12H,9-10,13H2,1-2H3,(H,23,24). The molecule has 0 unspecified atom stereocenters. The van der Waals surface area contributed by atoms with Crippen LogP contribution in [0.4, 0.5) is 0 Å². The number of amides is 1. The van der Waals surface area contributed by atoms with E-state index in [9.17, 15) is 4.79 Å². The molecule has 1 aliphatic rings. The summed E-state index contributed by atoms with van der Waals surface area (Å²) in [5.74, 6) is 2.74. The molecule has 0 fully saturated rings. The molecule has 6 nitrogen and oxygen atoms in total. The number of methoxy groups -OCH3 is 2. The van der Waals surface area contributed by atoms with Gasteiger partial charge in [-0.3, -0.25) is 4.79 Å². The van der Waals surface area contributed by atoms with Crippen LogP contribution in [0, 0.1) is 0 Å². The molecule has 0 saturated heterocycles. The van der Waals surface area contributed by atoms with Crippen molar-refractivity contribution in [2.45, 2.75) is 6.54 Å². The molecule has 0 spiro atoms. The van der Waals surface area contributed by atoms with E-state index in [4.69, 9.17) is 18.9 Å². The first-order chi connectivity index (χ1) is 14.2. The topological polar surface area (TPSA) is 66.0 Å². The number of carbonyl (C=O) groups excluding carboxylic acids is 1. The van der Waals surface area contributed by atoms with Crippen molar-refractivity contribution in [2.24, 2.45) is 0 Å². The number of rotatable bonds is 6. The first-order valence-corrected chi connectivity index (χ1v) is 9.98. The van der Waals surface area contributed by atoms with E-state index in [1.54, 1.807) is 20.3 Å². The van der Waals surface area contributed by atoms with Gasteiger partial charge in [0.15, 0.2) is 11.5 Å². The Kier molecular flexibility index (Phi) is 5.57. The lowest BCUT2D eigenvalue weighted by molar-refractivity contribution is 0.0954. The second kappa shape index (κ2) is 8.45. The molecule has 150 valence electrons. The van der Waals surface area contributed by atoms with Gasteiger partial charge in [0.2, 0.25) is 0 Å². The molecule has 4 rings (SSSR count). The Bertz CT molecular complexity index is 1030. The molecule has 0 atom stereocenters. The van der Waals surface area contributed by atoms with Gasteiger partial charge in [0.1, 0.15) is 24.7 Å². The number of hydrogen-bond donors (Lipinski definition) is 1. The maximum Gasteiger partial charge on any atom is 0.261 e. The minimum Gasteiger partial charge on any atom is -0.497 e. The Hall–Kier alpha value is -3.19. The van der Waals surface area contributed by atoms with Gasteiger partial charge in [0, 0.05) is 23.1 Å². The second-order valence-electron chi connectivity index (χ2n) is 6.38. The molecular weight excluding hydrogens is 390 g/mol. The molecule has 1 aliphatic heterocycles. The largest absolute Gasteiger partial charge is 0.497 e. The maximum absolute atomic E-state index is 12.6. The molecule has 7 heteroatoms. The second-order valence-corrected chi connectivity index (χ2v) is 7.47. The van der Waals surface area contributed by atoms with Crippen molar-refractivity contribution < 1.29 is 23.7 Å². The van der Waals surface area contributed by atoms with Crippen molar-refractivity contribution in [3.63, 3.8) is 0 Å². The highest BCUT2D eigenvalue weighted by molar-refractivity contribution is 7.17. The van der Waals surface area contributed by atoms with E-state index in [0.717, 1.165) is 27.5 Å². The van der Waals surface area contributed by atoms with Crippen LogP contribution in [-0.2, 0) is 6.54 Å². The highest BCUT2D eigenvalue weighted by Crippen LogP contribution is 2.37. The van der Waals surface area contributed by atoms with Crippen molar-refractivity contribution >= 4 is 17.2 Å². The van der Waals surface area contributed by atoms with E-state index in [0.29, 0.717) is 36.1 Å². The van der Waals surface area contributed by atoms with Gasteiger partial charge in [-0.2, -0.15) is 0 Å². The van der Waals surface area contributed by atoms with Crippen LogP contribution in [0.3, 0.4) is 0 Å². The van der Waals surface area contributed by atoms with Crippen molar-refractivity contribution in [1.29, 1.82) is 0 Å². The fourth-order valence-electron chi connectivity index (χ4n) is 3.07. The van der Waals surface area contributed by atoms with E-state index >= 15 is 0 Å². The molecule has 0 radical (unpaired) electrons. The summed E-state index contributed by atoms with van der Waals surface area (Å²) in [5, 5.41) is 2.95. The Morgan fingerprint density at radius 2 is 1.83 bits per heavy atom. The third-order valence-electron chi connectivity index (χ3n) is 4.59. The van der Waals surface area contributed by atoms with Crippen molar-refractivity contribution in [2.75, 3.05) is 27.4 Å². The van der Waals surface area contributed by atoms with Gasteiger partial charge in [-0.25, -0.2) is 0 Å². The summed E-state index contributed by atoms with van der Waals surface area (Å²) in [6.07, 6.45) is 0. The zero-order valence-corrected chi connectivity index (χ0v) is 17.0. The zero-order chi connectivity index (χ0) is 20.2. The van der Waals surface area contributed by atoms with Gasteiger partial charge in [-0.15, -0.1) is 11.3 Å². The summed E-state index contributed by atoms with van der Waals surface area (Å²) in [4.78, 5) is 14.2. The average Bonchev–Trinajstić information content (AvgIpc) is 3.27. The Balaban J connectivity index is 1.45. The third-order valence-corrected chi connectivity index (χ3v) is 5.72. The van der Waals surface area contributed by atoms with Crippen LogP contribution in [0.5, 0.6) is 23.0 Å². The lowest BCUT2D eigenvalue weighted by atomic mass is 10.1. The molecule has 0 saturated carbocycles. The van der Waals surface area contributed by atoms with Gasteiger partial charge < -0.3 is 24.3 Å². The molecule has 1 amide bonds. The van der Waals surface area contributed by atoms with E-state index in [2.05, 4.69) is 5.32 Å². The van der Waals surface area contributed by atoms with Gasteiger partial charge in [-0.1, -0.05) is 0 Å². The first kappa shape index (κ1) is 19.1. The van der Waals surface area contributed by atoms with Crippen LogP contribution in [0.1, 0.15) is 15.2 Å². The number of thiophene rings is 1. The summed E-state index contributed by atoms with van der Waals surface area (Å²) in [7, 11) is 3.20. The third kappa shape index (κ3) is 4.14. The molecule has 3 aromatic rings. The number of nitrogens with one attached hydrogen (secondary N) is 1. The summed E-state index contributed by atoms with van der Waals surface area (Å²) >= 11 is 1.44. The SMILES string of the molecule is COc1ccc(CNC(=O)c2ccc(-c3ccc4c(c3)OCCO4)s2)c(OC)c1. The Morgan fingerprint density at radius 1 is 1.00 bits per heavy atom. The van der Waals surface area contributed by atoms with E-state index in [1.165, 1.54) is 11.3 Å². The van der Waals surface area contributed by atoms with Gasteiger partial charge >= 0.3 is 0 Å². The van der Waals surface area contributed by atoms with Gasteiger partial charge in [-0.05, 0) is 48.0 Å². The number of benzene rings is 2. The van der Waals surface area contributed by atoms with Crippen LogP contribution in [0.15, 0.2) is 48.5 Å². The van der Waals surface area contributed by atoms with Crippen LogP contribution < -0.4 is 24.3 Å². The summed E-state index contributed by atoms with van der Waals surface area (Å²) < 4.78 is 21.8. The number of ether oxygens (including phenoxy) is 4. The van der Waals surface area contributed by atoms with E-state index < -0.39 is 0 Å². The number of hydrogen-bond acceptors (Lipinski definition) is 6. The predicted octanol–water partition coefficient (Wildman–Crippen LogP) is 4.13. The van der Waals surface area contributed by atoms with E-state index in [1.807, 2.05) is 42.5 Å². The number of fused-ring (bicyclic) bond motifs is 1. The monoisotopic (exact) mass is 411 g/mol. The Morgan fingerprint density at radius 3 is 2.62 bits per heavy atom. The van der Waals surface area contributed by atoms with E-state index in [-0.39, 0.29) is 5.91 Å². The van der Waals surface area contributed by atoms with Crippen LogP contribution in [0.25, 0.3) is 10.4 Å². The minimum atomic E-state index is -0.128. The molecule has 2 heterocycles. The Labute approximate surface area is 173 Å². The summed E-state index contributed by atoms with van der Waals surface area (Å²) in [6, 6.07) is 15.1. The maximum atomic E-state index is 12.6. The van der Waals surface area contributed by atoms with Crippen molar-refractivity contribution in [1.82, 2.24) is 5.32 Å². The highest BCUT2D eigenvalue weighted by Gasteiger charge is 2.15. The quantitative estimate of drug-likeness (QED) is 0.661. The van der Waals surface area contributed by atoms with Crippen LogP contribution in [0.2, 0.25) is 0 Å². The lowest BCUT2D eigenvalue weighted by Gasteiger charge is -2.18. The number of carbonyl (C=O) groups is 1. The smallest absolute Gasteiger partial charge is 0.261 e. The summed E-state index contributed by atoms with van der Waals surface area (Å²) in [6.45, 7) is 1.47. The molecular formula is C22H21NO5S. The lowest BCUT2D eigenvalue weighted by Crippen LogP contribution is -2.22. The molecule has 2 aromatic carbocycles. The van der Waals surface area contributed by atoms with Crippen molar-refractivity contribution in [3.8, 4) is 33.4 Å². The molecule has 1 N–H and O–H groups in total. The average molecular weight is 411 g/mol. The van der Waals surface area contributed by atoms with Crippen LogP contribution >= 0.6 is 11.3 Å². The molecule has 0 aliphatic carbocycles. The zero-order valence-electron chi connectivity index (χ0n) is 16.2. The predicted molar refractivity (Wildman–Crippen MR) is 111 cm³/mol. The normalized spacial score (nSPS) is 12.3. The molecule has 1 aromatic heterocycles. The summed E-state index contributed by atoms with van der Waals surface area (Å²) in [5.41, 5.74) is 1.88. The van der Waals surface area contributed by atoms with Gasteiger partial charge in [0.05, 0.1) is 19.1 Å². The van der Waals surface area contributed by atoms with Crippen LogP contribution in [-0.4, -0.2) is 33.3 Å². The minimum absolute atomic E-state index is 0.128. The fourth-order valence-corrected chi connectivity index (χ4v) is 3.99. The van der Waals surface area contributed by atoms with Gasteiger partial charge in [0.25, 0.3) is 5.91 Å². The first-order valence-electron chi connectivity index (χ1n) is 9.17.